The summed E-state index contributed by atoms with van der Waals surface area (Å²) in [5.41, 5.74) is 3.16. The van der Waals surface area contributed by atoms with E-state index in [1.54, 1.807) is 19.2 Å². The Balaban J connectivity index is 1.91. The van der Waals surface area contributed by atoms with Crippen LogP contribution in [0.3, 0.4) is 0 Å². The quantitative estimate of drug-likeness (QED) is 0.772. The Morgan fingerprint density at radius 1 is 1.21 bits per heavy atom. The molecule has 0 aliphatic heterocycles. The Labute approximate surface area is 141 Å². The number of fused-ring (bicyclic) bond motifs is 1. The predicted octanol–water partition coefficient (Wildman–Crippen LogP) is 2.55. The second-order valence-corrected chi connectivity index (χ2v) is 7.45. The summed E-state index contributed by atoms with van der Waals surface area (Å²) < 4.78 is 29.8. The number of aryl methyl sites for hydroxylation is 3. The van der Waals surface area contributed by atoms with Crippen molar-refractivity contribution in [1.29, 1.82) is 0 Å². The molecule has 0 saturated carbocycles. The van der Waals surface area contributed by atoms with Crippen LogP contribution in [0.5, 0.6) is 0 Å². The molecule has 1 aromatic carbocycles. The van der Waals surface area contributed by atoms with Crippen molar-refractivity contribution in [3.63, 3.8) is 0 Å². The van der Waals surface area contributed by atoms with Gasteiger partial charge in [-0.05, 0) is 50.1 Å². The molecule has 0 bridgehead atoms. The Bertz CT molecular complexity index is 993. The zero-order chi connectivity index (χ0) is 17.3. The molecule has 126 valence electrons. The molecule has 0 aliphatic carbocycles. The first-order valence-electron chi connectivity index (χ1n) is 7.79. The van der Waals surface area contributed by atoms with Gasteiger partial charge in [-0.2, -0.15) is 0 Å². The van der Waals surface area contributed by atoms with Crippen LogP contribution in [0.1, 0.15) is 23.9 Å². The van der Waals surface area contributed by atoms with Crippen LogP contribution in [-0.4, -0.2) is 23.0 Å². The molecule has 0 saturated heterocycles. The number of hydrogen-bond acceptors (Lipinski definition) is 4. The van der Waals surface area contributed by atoms with Gasteiger partial charge < -0.3 is 4.57 Å². The molecular weight excluding hydrogens is 324 g/mol. The third kappa shape index (κ3) is 3.05. The van der Waals surface area contributed by atoms with Gasteiger partial charge in [0.2, 0.25) is 10.0 Å². The van der Waals surface area contributed by atoms with E-state index in [9.17, 15) is 8.42 Å². The minimum absolute atomic E-state index is 0.125. The van der Waals surface area contributed by atoms with E-state index in [-0.39, 0.29) is 6.54 Å². The molecule has 0 amide bonds. The van der Waals surface area contributed by atoms with Gasteiger partial charge in [0.05, 0.1) is 11.4 Å². The Morgan fingerprint density at radius 2 is 2.00 bits per heavy atom. The number of pyridine rings is 1. The first kappa shape index (κ1) is 16.6. The van der Waals surface area contributed by atoms with Crippen molar-refractivity contribution >= 4 is 21.2 Å². The van der Waals surface area contributed by atoms with Crippen molar-refractivity contribution in [3.05, 3.63) is 53.5 Å². The van der Waals surface area contributed by atoms with E-state index in [2.05, 4.69) is 14.7 Å². The lowest BCUT2D eigenvalue weighted by molar-refractivity contribution is 0.575. The van der Waals surface area contributed by atoms with Crippen LogP contribution >= 0.6 is 0 Å². The molecule has 7 heteroatoms. The molecule has 24 heavy (non-hydrogen) atoms. The van der Waals surface area contributed by atoms with Gasteiger partial charge >= 0.3 is 0 Å². The van der Waals surface area contributed by atoms with E-state index in [1.165, 1.54) is 0 Å². The van der Waals surface area contributed by atoms with E-state index in [1.807, 2.05) is 42.7 Å². The number of aromatic nitrogens is 3. The summed E-state index contributed by atoms with van der Waals surface area (Å²) in [4.78, 5) is 9.12. The lowest BCUT2D eigenvalue weighted by Gasteiger charge is -2.11. The highest BCUT2D eigenvalue weighted by Crippen LogP contribution is 2.18. The van der Waals surface area contributed by atoms with Crippen LogP contribution in [0.2, 0.25) is 0 Å². The molecular formula is C17H20N4O2S. The normalized spacial score (nSPS) is 12.0. The van der Waals surface area contributed by atoms with E-state index in [0.717, 1.165) is 22.3 Å². The predicted molar refractivity (Wildman–Crippen MR) is 93.1 cm³/mol. The minimum Gasteiger partial charge on any atom is -0.312 e. The lowest BCUT2D eigenvalue weighted by atomic mass is 10.2. The molecule has 0 atom stereocenters. The fourth-order valence-electron chi connectivity index (χ4n) is 2.71. The van der Waals surface area contributed by atoms with Gasteiger partial charge in [-0.1, -0.05) is 12.1 Å². The van der Waals surface area contributed by atoms with Gasteiger partial charge in [-0.15, -0.1) is 0 Å². The monoisotopic (exact) mass is 344 g/mol. The summed E-state index contributed by atoms with van der Waals surface area (Å²) in [6.45, 7) is 6.45. The number of sulfonamides is 1. The summed E-state index contributed by atoms with van der Waals surface area (Å²) in [5.74, 6) is 0.653. The number of nitrogens with one attached hydrogen (secondary N) is 1. The summed E-state index contributed by atoms with van der Waals surface area (Å²) in [6.07, 6.45) is 1.71. The van der Waals surface area contributed by atoms with Crippen molar-refractivity contribution in [2.75, 3.05) is 0 Å². The molecule has 0 unspecified atom stereocenters. The highest BCUT2D eigenvalue weighted by Gasteiger charge is 2.19. The largest absolute Gasteiger partial charge is 0.312 e. The maximum atomic E-state index is 12.6. The van der Waals surface area contributed by atoms with Crippen LogP contribution in [0.25, 0.3) is 11.2 Å². The van der Waals surface area contributed by atoms with Crippen LogP contribution in [0.15, 0.2) is 41.4 Å². The van der Waals surface area contributed by atoms with Gasteiger partial charge in [-0.25, -0.2) is 23.1 Å². The fourth-order valence-corrected chi connectivity index (χ4v) is 4.01. The van der Waals surface area contributed by atoms with Crippen LogP contribution in [-0.2, 0) is 23.1 Å². The highest BCUT2D eigenvalue weighted by molar-refractivity contribution is 7.89. The topological polar surface area (TPSA) is 76.9 Å². The molecule has 0 spiro atoms. The first-order chi connectivity index (χ1) is 11.4. The highest BCUT2D eigenvalue weighted by atomic mass is 32.2. The molecule has 2 aromatic heterocycles. The SMILES string of the molecule is CCn1c(CNS(=O)(=O)c2cc(C)ccc2C)nc2cccnc21. The van der Waals surface area contributed by atoms with E-state index in [4.69, 9.17) is 0 Å². The van der Waals surface area contributed by atoms with Crippen LogP contribution in [0, 0.1) is 13.8 Å². The number of imidazole rings is 1. The number of rotatable bonds is 5. The third-order valence-electron chi connectivity index (χ3n) is 3.95. The van der Waals surface area contributed by atoms with Gasteiger partial charge in [0, 0.05) is 12.7 Å². The standard InChI is InChI=1S/C17H20N4O2S/c1-4-21-16(20-14-6-5-9-18-17(14)21)11-19-24(22,23)15-10-12(2)7-8-13(15)3/h5-10,19H,4,11H2,1-3H3. The van der Waals surface area contributed by atoms with E-state index in [0.29, 0.717) is 17.3 Å². The van der Waals surface area contributed by atoms with Gasteiger partial charge in [-0.3, -0.25) is 0 Å². The second-order valence-electron chi connectivity index (χ2n) is 5.71. The fraction of sp³-hybridized carbons (Fsp3) is 0.294. The second kappa shape index (κ2) is 6.33. The Hall–Kier alpha value is -2.25. The number of hydrogen-bond donors (Lipinski definition) is 1. The molecule has 6 nitrogen and oxygen atoms in total. The van der Waals surface area contributed by atoms with E-state index >= 15 is 0 Å². The van der Waals surface area contributed by atoms with Crippen molar-refractivity contribution in [1.82, 2.24) is 19.3 Å². The molecule has 0 aliphatic rings. The maximum absolute atomic E-state index is 12.6. The van der Waals surface area contributed by atoms with Gasteiger partial charge in [0.15, 0.2) is 5.65 Å². The molecule has 0 radical (unpaired) electrons. The number of benzene rings is 1. The average Bonchev–Trinajstić information content (AvgIpc) is 2.92. The first-order valence-corrected chi connectivity index (χ1v) is 9.27. The number of nitrogens with zero attached hydrogens (tertiary/aromatic N) is 3. The maximum Gasteiger partial charge on any atom is 0.241 e. The molecule has 3 rings (SSSR count). The van der Waals surface area contributed by atoms with Crippen molar-refractivity contribution < 1.29 is 8.42 Å². The zero-order valence-electron chi connectivity index (χ0n) is 13.9. The third-order valence-corrected chi connectivity index (χ3v) is 5.50. The van der Waals surface area contributed by atoms with Gasteiger partial charge in [0.1, 0.15) is 11.3 Å². The minimum atomic E-state index is -3.60. The molecule has 0 fully saturated rings. The summed E-state index contributed by atoms with van der Waals surface area (Å²) in [7, 11) is -3.60. The van der Waals surface area contributed by atoms with Crippen molar-refractivity contribution in [2.24, 2.45) is 0 Å². The molecule has 1 N–H and O–H groups in total. The summed E-state index contributed by atoms with van der Waals surface area (Å²) >= 11 is 0. The molecule has 3 aromatic rings. The zero-order valence-corrected chi connectivity index (χ0v) is 14.8. The Kier molecular flexibility index (Phi) is 4.38. The average molecular weight is 344 g/mol. The summed E-state index contributed by atoms with van der Waals surface area (Å²) in [6, 6.07) is 9.09. The van der Waals surface area contributed by atoms with Crippen LogP contribution < -0.4 is 4.72 Å². The van der Waals surface area contributed by atoms with Crippen LogP contribution in [0.4, 0.5) is 0 Å². The summed E-state index contributed by atoms with van der Waals surface area (Å²) in [5, 5.41) is 0. The van der Waals surface area contributed by atoms with E-state index < -0.39 is 10.0 Å². The smallest absolute Gasteiger partial charge is 0.241 e. The molecule has 2 heterocycles. The Morgan fingerprint density at radius 3 is 2.75 bits per heavy atom. The van der Waals surface area contributed by atoms with Crippen molar-refractivity contribution in [3.8, 4) is 0 Å². The van der Waals surface area contributed by atoms with Crippen molar-refractivity contribution in [2.45, 2.75) is 38.8 Å². The lowest BCUT2D eigenvalue weighted by Crippen LogP contribution is -2.25. The van der Waals surface area contributed by atoms with Gasteiger partial charge in [0.25, 0.3) is 0 Å².